The van der Waals surface area contributed by atoms with Crippen molar-refractivity contribution in [2.24, 2.45) is 0 Å². The number of hydrogen-bond donors (Lipinski definition) is 0. The molecule has 3 nitrogen and oxygen atoms in total. The third-order valence-corrected chi connectivity index (χ3v) is 4.08. The lowest BCUT2D eigenvalue weighted by Gasteiger charge is -2.24. The number of aryl methyl sites for hydroxylation is 1. The van der Waals surface area contributed by atoms with Gasteiger partial charge in [0.1, 0.15) is 5.75 Å². The minimum absolute atomic E-state index is 0.00388. The van der Waals surface area contributed by atoms with Crippen LogP contribution in [0.25, 0.3) is 6.08 Å². The van der Waals surface area contributed by atoms with Crippen molar-refractivity contribution in [3.8, 4) is 5.75 Å². The molecule has 2 aromatic carbocycles. The van der Waals surface area contributed by atoms with Gasteiger partial charge in [-0.2, -0.15) is 0 Å². The zero-order valence-electron chi connectivity index (χ0n) is 13.9. The average molecular weight is 322 g/mol. The molecule has 0 bridgehead atoms. The second-order valence-corrected chi connectivity index (χ2v) is 6.00. The third kappa shape index (κ3) is 4.33. The first-order valence-electron chi connectivity index (χ1n) is 8.39. The minimum Gasteiger partial charge on any atom is -0.465 e. The Morgan fingerprint density at radius 1 is 1.17 bits per heavy atom. The van der Waals surface area contributed by atoms with E-state index in [0.29, 0.717) is 5.56 Å². The molecular weight excluding hydrogens is 300 g/mol. The van der Waals surface area contributed by atoms with Gasteiger partial charge in [0.05, 0.1) is 6.61 Å². The molecule has 1 unspecified atom stereocenters. The fraction of sp³-hybridized carbons (Fsp3) is 0.286. The number of benzene rings is 2. The Hall–Kier alpha value is -2.39. The van der Waals surface area contributed by atoms with Crippen LogP contribution in [0.15, 0.2) is 54.6 Å². The van der Waals surface area contributed by atoms with E-state index in [0.717, 1.165) is 42.7 Å². The number of rotatable bonds is 5. The first-order valence-corrected chi connectivity index (χ1v) is 8.39. The molecule has 0 saturated carbocycles. The van der Waals surface area contributed by atoms with Gasteiger partial charge >= 0.3 is 0 Å². The summed E-state index contributed by atoms with van der Waals surface area (Å²) in [4.78, 5) is 12.1. The largest absolute Gasteiger partial charge is 0.465 e. The Labute approximate surface area is 142 Å². The van der Waals surface area contributed by atoms with Crippen molar-refractivity contribution in [1.82, 2.24) is 0 Å². The maximum Gasteiger partial charge on any atom is 0.199 e. The smallest absolute Gasteiger partial charge is 0.199 e. The van der Waals surface area contributed by atoms with Crippen LogP contribution in [0.1, 0.15) is 40.7 Å². The molecule has 3 rings (SSSR count). The van der Waals surface area contributed by atoms with Crippen molar-refractivity contribution in [1.29, 1.82) is 0 Å². The number of hydrogen-bond acceptors (Lipinski definition) is 3. The standard InChI is InChI=1S/C21H22O3/c1-16-15-17(10-12-19(22)18-7-3-2-4-8-18)11-13-20(16)24-21-9-5-6-14-23-21/h2-4,7-8,10-13,15,21H,5-6,9,14H2,1H3/b12-10+. The summed E-state index contributed by atoms with van der Waals surface area (Å²) in [6.45, 7) is 2.78. The number of carbonyl (C=O) groups is 1. The molecule has 0 spiro atoms. The highest BCUT2D eigenvalue weighted by Crippen LogP contribution is 2.24. The lowest BCUT2D eigenvalue weighted by molar-refractivity contribution is -0.106. The molecule has 0 aliphatic carbocycles. The minimum atomic E-state index is -0.140. The summed E-state index contributed by atoms with van der Waals surface area (Å²) in [5, 5.41) is 0. The Balaban J connectivity index is 1.65. The van der Waals surface area contributed by atoms with Gasteiger partial charge in [-0.15, -0.1) is 0 Å². The summed E-state index contributed by atoms with van der Waals surface area (Å²) < 4.78 is 11.5. The summed E-state index contributed by atoms with van der Waals surface area (Å²) in [6.07, 6.45) is 6.49. The number of allylic oxidation sites excluding steroid dienone is 1. The Bertz CT molecular complexity index is 713. The zero-order chi connectivity index (χ0) is 16.8. The van der Waals surface area contributed by atoms with Gasteiger partial charge in [-0.05, 0) is 49.1 Å². The summed E-state index contributed by atoms with van der Waals surface area (Å²) in [5.74, 6) is 0.845. The van der Waals surface area contributed by atoms with E-state index in [-0.39, 0.29) is 12.1 Å². The first kappa shape index (κ1) is 16.5. The predicted molar refractivity (Wildman–Crippen MR) is 95.2 cm³/mol. The van der Waals surface area contributed by atoms with E-state index in [4.69, 9.17) is 9.47 Å². The molecule has 2 aromatic rings. The lowest BCUT2D eigenvalue weighted by Crippen LogP contribution is -2.25. The van der Waals surface area contributed by atoms with Crippen molar-refractivity contribution < 1.29 is 14.3 Å². The van der Waals surface area contributed by atoms with E-state index in [9.17, 15) is 4.79 Å². The maximum absolute atomic E-state index is 12.1. The highest BCUT2D eigenvalue weighted by molar-refractivity contribution is 6.06. The molecule has 0 radical (unpaired) electrons. The van der Waals surface area contributed by atoms with E-state index in [1.54, 1.807) is 6.08 Å². The van der Waals surface area contributed by atoms with Crippen molar-refractivity contribution in [2.75, 3.05) is 6.61 Å². The Morgan fingerprint density at radius 3 is 2.71 bits per heavy atom. The fourth-order valence-electron chi connectivity index (χ4n) is 2.72. The second kappa shape index (κ2) is 7.93. The molecule has 1 aliphatic heterocycles. The van der Waals surface area contributed by atoms with Gasteiger partial charge in [-0.3, -0.25) is 4.79 Å². The van der Waals surface area contributed by atoms with Crippen molar-refractivity contribution in [2.45, 2.75) is 32.5 Å². The summed E-state index contributed by atoms with van der Waals surface area (Å²) in [5.41, 5.74) is 2.71. The molecule has 1 heterocycles. The molecule has 0 aromatic heterocycles. The first-order chi connectivity index (χ1) is 11.7. The van der Waals surface area contributed by atoms with Gasteiger partial charge in [0.15, 0.2) is 12.1 Å². The van der Waals surface area contributed by atoms with Crippen LogP contribution in [0.5, 0.6) is 5.75 Å². The number of ether oxygens (including phenoxy) is 2. The van der Waals surface area contributed by atoms with Crippen LogP contribution in [0.3, 0.4) is 0 Å². The van der Waals surface area contributed by atoms with Gasteiger partial charge in [0.2, 0.25) is 0 Å². The molecule has 0 amide bonds. The van der Waals surface area contributed by atoms with E-state index >= 15 is 0 Å². The molecule has 1 aliphatic rings. The zero-order valence-corrected chi connectivity index (χ0v) is 13.9. The Morgan fingerprint density at radius 2 is 2.00 bits per heavy atom. The van der Waals surface area contributed by atoms with E-state index in [2.05, 4.69) is 0 Å². The molecule has 1 saturated heterocycles. The molecule has 3 heteroatoms. The number of ketones is 1. The average Bonchev–Trinajstić information content (AvgIpc) is 2.63. The quantitative estimate of drug-likeness (QED) is 0.586. The highest BCUT2D eigenvalue weighted by Gasteiger charge is 2.16. The summed E-state index contributed by atoms with van der Waals surface area (Å²) in [6, 6.07) is 15.2. The third-order valence-electron chi connectivity index (χ3n) is 4.08. The van der Waals surface area contributed by atoms with Crippen LogP contribution in [0, 0.1) is 6.92 Å². The SMILES string of the molecule is Cc1cc(/C=C/C(=O)c2ccccc2)ccc1OC1CCCCO1. The van der Waals surface area contributed by atoms with Crippen LogP contribution >= 0.6 is 0 Å². The predicted octanol–water partition coefficient (Wildman–Crippen LogP) is 4.80. The monoisotopic (exact) mass is 322 g/mol. The van der Waals surface area contributed by atoms with Gasteiger partial charge in [0.25, 0.3) is 0 Å². The van der Waals surface area contributed by atoms with Crippen LogP contribution in [0.4, 0.5) is 0 Å². The van der Waals surface area contributed by atoms with Crippen LogP contribution in [-0.2, 0) is 4.74 Å². The van der Waals surface area contributed by atoms with Crippen molar-refractivity contribution >= 4 is 11.9 Å². The normalized spacial score (nSPS) is 17.8. The Kier molecular flexibility index (Phi) is 5.44. The summed E-state index contributed by atoms with van der Waals surface area (Å²) >= 11 is 0. The van der Waals surface area contributed by atoms with Crippen LogP contribution in [-0.4, -0.2) is 18.7 Å². The summed E-state index contributed by atoms with van der Waals surface area (Å²) in [7, 11) is 0. The van der Waals surface area contributed by atoms with E-state index < -0.39 is 0 Å². The molecular formula is C21H22O3. The highest BCUT2D eigenvalue weighted by atomic mass is 16.7. The number of carbonyl (C=O) groups excluding carboxylic acids is 1. The van der Waals surface area contributed by atoms with Crippen molar-refractivity contribution in [3.05, 3.63) is 71.3 Å². The molecule has 124 valence electrons. The van der Waals surface area contributed by atoms with Gasteiger partial charge in [-0.1, -0.05) is 42.5 Å². The molecule has 1 fully saturated rings. The maximum atomic E-state index is 12.1. The molecule has 24 heavy (non-hydrogen) atoms. The molecule has 0 N–H and O–H groups in total. The second-order valence-electron chi connectivity index (χ2n) is 6.00. The van der Waals surface area contributed by atoms with Crippen LogP contribution in [0.2, 0.25) is 0 Å². The van der Waals surface area contributed by atoms with E-state index in [1.165, 1.54) is 0 Å². The van der Waals surface area contributed by atoms with Crippen LogP contribution < -0.4 is 4.74 Å². The van der Waals surface area contributed by atoms with Crippen molar-refractivity contribution in [3.63, 3.8) is 0 Å². The van der Waals surface area contributed by atoms with Gasteiger partial charge in [0, 0.05) is 12.0 Å². The van der Waals surface area contributed by atoms with Gasteiger partial charge in [-0.25, -0.2) is 0 Å². The van der Waals surface area contributed by atoms with Gasteiger partial charge < -0.3 is 9.47 Å². The lowest BCUT2D eigenvalue weighted by atomic mass is 10.1. The van der Waals surface area contributed by atoms with E-state index in [1.807, 2.05) is 61.5 Å². The fourth-order valence-corrected chi connectivity index (χ4v) is 2.72. The molecule has 1 atom stereocenters. The topological polar surface area (TPSA) is 35.5 Å².